The highest BCUT2D eigenvalue weighted by Gasteiger charge is 2.12. The second kappa shape index (κ2) is 6.49. The largest absolute Gasteiger partial charge is 0.397 e. The first-order valence-electron chi connectivity index (χ1n) is 5.59. The van der Waals surface area contributed by atoms with Crippen molar-refractivity contribution in [3.8, 4) is 0 Å². The van der Waals surface area contributed by atoms with Gasteiger partial charge in [-0.1, -0.05) is 22.9 Å². The van der Waals surface area contributed by atoms with E-state index in [-0.39, 0.29) is 5.91 Å². The molecule has 0 aliphatic carbocycles. The quantitative estimate of drug-likeness (QED) is 0.818. The fraction of sp³-hybridized carbons (Fsp3) is 0.417. The summed E-state index contributed by atoms with van der Waals surface area (Å²) in [5.74, 6) is -0.0159. The highest BCUT2D eigenvalue weighted by atomic mass is 79.9. The van der Waals surface area contributed by atoms with E-state index in [4.69, 9.17) is 5.73 Å². The number of likely N-dealkylation sites (N-methyl/N-ethyl adjacent to an activating group) is 1. The number of hydrogen-bond acceptors (Lipinski definition) is 3. The Bertz CT molecular complexity index is 395. The van der Waals surface area contributed by atoms with Gasteiger partial charge in [0.2, 0.25) is 5.91 Å². The maximum Gasteiger partial charge on any atom is 0.239 e. The third-order valence-corrected chi connectivity index (χ3v) is 2.93. The van der Waals surface area contributed by atoms with Crippen LogP contribution in [0.2, 0.25) is 0 Å². The summed E-state index contributed by atoms with van der Waals surface area (Å²) < 4.78 is 0.958. The van der Waals surface area contributed by atoms with Crippen LogP contribution in [0.15, 0.2) is 22.7 Å². The SMILES string of the molecule is CCCN(CC(=O)NC)c1cc(Br)ccc1N. The van der Waals surface area contributed by atoms with E-state index in [9.17, 15) is 4.79 Å². The molecule has 1 aromatic carbocycles. The van der Waals surface area contributed by atoms with Crippen molar-refractivity contribution in [1.82, 2.24) is 5.32 Å². The molecule has 0 saturated carbocycles. The summed E-state index contributed by atoms with van der Waals surface area (Å²) in [5, 5.41) is 2.62. The predicted molar refractivity (Wildman–Crippen MR) is 75.1 cm³/mol. The van der Waals surface area contributed by atoms with Gasteiger partial charge in [0.1, 0.15) is 0 Å². The zero-order chi connectivity index (χ0) is 12.8. The van der Waals surface area contributed by atoms with Gasteiger partial charge < -0.3 is 16.0 Å². The highest BCUT2D eigenvalue weighted by molar-refractivity contribution is 9.10. The van der Waals surface area contributed by atoms with Crippen LogP contribution in [0.25, 0.3) is 0 Å². The number of nitrogens with one attached hydrogen (secondary N) is 1. The van der Waals surface area contributed by atoms with Gasteiger partial charge in [0.15, 0.2) is 0 Å². The molecule has 4 nitrogen and oxygen atoms in total. The standard InChI is InChI=1S/C12H18BrN3O/c1-3-6-16(8-12(17)15-2)11-7-9(13)4-5-10(11)14/h4-5,7H,3,6,8,14H2,1-2H3,(H,15,17). The van der Waals surface area contributed by atoms with E-state index in [2.05, 4.69) is 28.2 Å². The van der Waals surface area contributed by atoms with Crippen molar-refractivity contribution in [2.75, 3.05) is 30.8 Å². The van der Waals surface area contributed by atoms with Gasteiger partial charge in [-0.25, -0.2) is 0 Å². The number of carbonyl (C=O) groups excluding carboxylic acids is 1. The average molecular weight is 300 g/mol. The van der Waals surface area contributed by atoms with E-state index in [1.54, 1.807) is 7.05 Å². The van der Waals surface area contributed by atoms with Crippen LogP contribution in [0.5, 0.6) is 0 Å². The number of nitrogen functional groups attached to an aromatic ring is 1. The van der Waals surface area contributed by atoms with Gasteiger partial charge in [-0.15, -0.1) is 0 Å². The second-order valence-corrected chi connectivity index (χ2v) is 4.71. The number of nitrogens with two attached hydrogens (primary N) is 1. The van der Waals surface area contributed by atoms with Crippen molar-refractivity contribution in [1.29, 1.82) is 0 Å². The molecule has 1 aromatic rings. The van der Waals surface area contributed by atoms with Gasteiger partial charge in [0.25, 0.3) is 0 Å². The van der Waals surface area contributed by atoms with Crippen molar-refractivity contribution in [2.24, 2.45) is 0 Å². The van der Waals surface area contributed by atoms with Crippen molar-refractivity contribution < 1.29 is 4.79 Å². The molecule has 0 bridgehead atoms. The van der Waals surface area contributed by atoms with Crippen molar-refractivity contribution >= 4 is 33.2 Å². The second-order valence-electron chi connectivity index (χ2n) is 3.80. The maximum atomic E-state index is 11.5. The minimum absolute atomic E-state index is 0.0159. The van der Waals surface area contributed by atoms with E-state index in [1.165, 1.54) is 0 Å². The van der Waals surface area contributed by atoms with E-state index in [0.29, 0.717) is 12.2 Å². The molecule has 0 radical (unpaired) electrons. The number of carbonyl (C=O) groups is 1. The van der Waals surface area contributed by atoms with Gasteiger partial charge in [-0.05, 0) is 24.6 Å². The first-order chi connectivity index (χ1) is 8.08. The first-order valence-corrected chi connectivity index (χ1v) is 6.38. The Morgan fingerprint density at radius 3 is 2.82 bits per heavy atom. The molecule has 0 aliphatic heterocycles. The molecular formula is C12H18BrN3O. The number of anilines is 2. The molecule has 1 rings (SSSR count). The van der Waals surface area contributed by atoms with Crippen molar-refractivity contribution in [3.63, 3.8) is 0 Å². The number of hydrogen-bond donors (Lipinski definition) is 2. The molecular weight excluding hydrogens is 282 g/mol. The highest BCUT2D eigenvalue weighted by Crippen LogP contribution is 2.27. The molecule has 0 atom stereocenters. The summed E-state index contributed by atoms with van der Waals surface area (Å²) in [4.78, 5) is 13.4. The topological polar surface area (TPSA) is 58.4 Å². The van der Waals surface area contributed by atoms with E-state index >= 15 is 0 Å². The van der Waals surface area contributed by atoms with Crippen LogP contribution >= 0.6 is 15.9 Å². The third kappa shape index (κ3) is 3.93. The number of amides is 1. The summed E-state index contributed by atoms with van der Waals surface area (Å²) in [5.41, 5.74) is 7.52. The smallest absolute Gasteiger partial charge is 0.239 e. The molecule has 0 unspecified atom stereocenters. The Kier molecular flexibility index (Phi) is 5.28. The van der Waals surface area contributed by atoms with Crippen LogP contribution in [0.4, 0.5) is 11.4 Å². The first kappa shape index (κ1) is 13.8. The summed E-state index contributed by atoms with van der Waals surface area (Å²) in [7, 11) is 1.64. The molecule has 0 saturated heterocycles. The van der Waals surface area contributed by atoms with E-state index in [0.717, 1.165) is 23.1 Å². The molecule has 94 valence electrons. The minimum atomic E-state index is -0.0159. The fourth-order valence-corrected chi connectivity index (χ4v) is 1.95. The lowest BCUT2D eigenvalue weighted by Gasteiger charge is -2.25. The van der Waals surface area contributed by atoms with Crippen molar-refractivity contribution in [3.05, 3.63) is 22.7 Å². The monoisotopic (exact) mass is 299 g/mol. The van der Waals surface area contributed by atoms with Crippen molar-refractivity contribution in [2.45, 2.75) is 13.3 Å². The van der Waals surface area contributed by atoms with Gasteiger partial charge in [-0.3, -0.25) is 4.79 Å². The Labute approximate surface area is 110 Å². The lowest BCUT2D eigenvalue weighted by atomic mass is 10.2. The number of nitrogens with zero attached hydrogens (tertiary/aromatic N) is 1. The molecule has 1 amide bonds. The third-order valence-electron chi connectivity index (χ3n) is 2.44. The number of halogens is 1. The van der Waals surface area contributed by atoms with Crippen LogP contribution < -0.4 is 16.0 Å². The average Bonchev–Trinajstić information content (AvgIpc) is 2.31. The van der Waals surface area contributed by atoms with Crippen LogP contribution in [0.1, 0.15) is 13.3 Å². The van der Waals surface area contributed by atoms with Gasteiger partial charge in [0, 0.05) is 18.1 Å². The van der Waals surface area contributed by atoms with Gasteiger partial charge in [0.05, 0.1) is 17.9 Å². The molecule has 0 heterocycles. The van der Waals surface area contributed by atoms with Crippen LogP contribution in [-0.4, -0.2) is 26.0 Å². The van der Waals surface area contributed by atoms with E-state index < -0.39 is 0 Å². The maximum absolute atomic E-state index is 11.5. The summed E-state index contributed by atoms with van der Waals surface area (Å²) in [6, 6.07) is 5.67. The molecule has 0 fully saturated rings. The molecule has 0 aliphatic rings. The van der Waals surface area contributed by atoms with Crippen LogP contribution in [-0.2, 0) is 4.79 Å². The molecule has 3 N–H and O–H groups in total. The van der Waals surface area contributed by atoms with Crippen LogP contribution in [0.3, 0.4) is 0 Å². The molecule has 17 heavy (non-hydrogen) atoms. The predicted octanol–water partition coefficient (Wildman–Crippen LogP) is 1.99. The zero-order valence-corrected chi connectivity index (χ0v) is 11.8. The normalized spacial score (nSPS) is 10.1. The minimum Gasteiger partial charge on any atom is -0.397 e. The van der Waals surface area contributed by atoms with Gasteiger partial charge in [-0.2, -0.15) is 0 Å². The lowest BCUT2D eigenvalue weighted by Crippen LogP contribution is -2.36. The zero-order valence-electron chi connectivity index (χ0n) is 10.2. The Morgan fingerprint density at radius 1 is 1.53 bits per heavy atom. The molecule has 0 aromatic heterocycles. The molecule has 5 heteroatoms. The molecule has 0 spiro atoms. The Morgan fingerprint density at radius 2 is 2.24 bits per heavy atom. The Hall–Kier alpha value is -1.23. The summed E-state index contributed by atoms with van der Waals surface area (Å²) in [6.07, 6.45) is 0.961. The summed E-state index contributed by atoms with van der Waals surface area (Å²) in [6.45, 7) is 3.20. The van der Waals surface area contributed by atoms with Crippen LogP contribution in [0, 0.1) is 0 Å². The lowest BCUT2D eigenvalue weighted by molar-refractivity contribution is -0.119. The number of rotatable bonds is 5. The summed E-state index contributed by atoms with van der Waals surface area (Å²) >= 11 is 3.42. The fourth-order valence-electron chi connectivity index (χ4n) is 1.60. The van der Waals surface area contributed by atoms with E-state index in [1.807, 2.05) is 23.1 Å². The number of benzene rings is 1. The Balaban J connectivity index is 2.95. The van der Waals surface area contributed by atoms with Gasteiger partial charge >= 0.3 is 0 Å².